The van der Waals surface area contributed by atoms with E-state index in [1.807, 2.05) is 13.1 Å². The van der Waals surface area contributed by atoms with E-state index in [1.54, 1.807) is 0 Å². The van der Waals surface area contributed by atoms with E-state index in [1.165, 1.54) is 19.2 Å². The second-order valence-corrected chi connectivity index (χ2v) is 14.0. The average Bonchev–Trinajstić information content (AvgIpc) is 2.71. The van der Waals surface area contributed by atoms with Gasteiger partial charge in [0.1, 0.15) is 30.4 Å². The number of ether oxygens (including phenoxy) is 1. The maximum absolute atomic E-state index is 12.4. The number of carbonyl (C=O) groups excluding carboxylic acids is 1. The Morgan fingerprint density at radius 2 is 1.97 bits per heavy atom. The second-order valence-electron chi connectivity index (χ2n) is 9.17. The van der Waals surface area contributed by atoms with E-state index >= 15 is 0 Å². The van der Waals surface area contributed by atoms with E-state index in [9.17, 15) is 24.9 Å². The number of aliphatic hydroxyl groups excluding tert-OH is 3. The minimum atomic E-state index is -2.17. The lowest BCUT2D eigenvalue weighted by atomic mass is 10.0. The van der Waals surface area contributed by atoms with Crippen LogP contribution in [0, 0.1) is 0 Å². The van der Waals surface area contributed by atoms with Gasteiger partial charge in [-0.1, -0.05) is 20.8 Å². The van der Waals surface area contributed by atoms with Crippen LogP contribution in [0.3, 0.4) is 0 Å². The smallest absolute Gasteiger partial charge is 0.351 e. The molecule has 2 rings (SSSR count). The lowest BCUT2D eigenvalue weighted by molar-refractivity contribution is -0.130. The molecule has 170 valence electrons. The van der Waals surface area contributed by atoms with Gasteiger partial charge < -0.3 is 29.8 Å². The molecule has 0 aromatic carbocycles. The zero-order valence-electron chi connectivity index (χ0n) is 18.3. The number of nitrogens with one attached hydrogen (secondary N) is 1. The second kappa shape index (κ2) is 9.24. The van der Waals surface area contributed by atoms with Gasteiger partial charge in [-0.25, -0.2) is 4.79 Å². The van der Waals surface area contributed by atoms with Crippen LogP contribution >= 0.6 is 0 Å². The molecule has 4 N–H and O–H groups in total. The SMILES string of the molecule is CC(=O)Nc1ccn([C@H]2C[C@H](O)[C@@H](O)[C@H](O)[C@@H](CO[Si](C)(C)C(C)(C)C)O2)c(=O)n1. The molecule has 1 aliphatic heterocycles. The van der Waals surface area contributed by atoms with E-state index < -0.39 is 44.7 Å². The third-order valence-electron chi connectivity index (χ3n) is 5.76. The van der Waals surface area contributed by atoms with Crippen LogP contribution in [0.1, 0.15) is 40.3 Å². The lowest BCUT2D eigenvalue weighted by Gasteiger charge is -2.38. The van der Waals surface area contributed by atoms with Gasteiger partial charge in [0.2, 0.25) is 5.91 Å². The third kappa shape index (κ3) is 5.74. The monoisotopic (exact) mass is 443 g/mol. The lowest BCUT2D eigenvalue weighted by Crippen LogP contribution is -2.48. The number of carbonyl (C=O) groups is 1. The first-order valence-electron chi connectivity index (χ1n) is 9.93. The van der Waals surface area contributed by atoms with Crippen molar-refractivity contribution in [3.63, 3.8) is 0 Å². The van der Waals surface area contributed by atoms with E-state index in [4.69, 9.17) is 9.16 Å². The van der Waals surface area contributed by atoms with Gasteiger partial charge in [-0.2, -0.15) is 4.98 Å². The number of amides is 1. The molecule has 11 heteroatoms. The van der Waals surface area contributed by atoms with Gasteiger partial charge in [0.05, 0.1) is 12.7 Å². The quantitative estimate of drug-likeness (QED) is 0.484. The van der Waals surface area contributed by atoms with Crippen molar-refractivity contribution in [3.05, 3.63) is 22.7 Å². The summed E-state index contributed by atoms with van der Waals surface area (Å²) in [4.78, 5) is 27.4. The highest BCUT2D eigenvalue weighted by molar-refractivity contribution is 6.74. The van der Waals surface area contributed by atoms with Crippen LogP contribution in [-0.4, -0.2) is 70.1 Å². The highest BCUT2D eigenvalue weighted by Gasteiger charge is 2.43. The first-order chi connectivity index (χ1) is 13.7. The van der Waals surface area contributed by atoms with Crippen molar-refractivity contribution in [1.82, 2.24) is 9.55 Å². The number of hydrogen-bond donors (Lipinski definition) is 4. The van der Waals surface area contributed by atoms with Crippen molar-refractivity contribution >= 4 is 20.0 Å². The molecule has 0 spiro atoms. The normalized spacial score (nSPS) is 28.1. The minimum absolute atomic E-state index is 0.00406. The highest BCUT2D eigenvalue weighted by atomic mass is 28.4. The molecule has 1 fully saturated rings. The van der Waals surface area contributed by atoms with Gasteiger partial charge in [-0.05, 0) is 24.2 Å². The van der Waals surface area contributed by atoms with Crippen LogP contribution in [0.15, 0.2) is 17.1 Å². The molecule has 2 heterocycles. The zero-order chi connectivity index (χ0) is 22.9. The fraction of sp³-hybridized carbons (Fsp3) is 0.737. The highest BCUT2D eigenvalue weighted by Crippen LogP contribution is 2.37. The van der Waals surface area contributed by atoms with Crippen LogP contribution in [0.2, 0.25) is 18.1 Å². The molecule has 1 aromatic rings. The van der Waals surface area contributed by atoms with Gasteiger partial charge in [-0.3, -0.25) is 9.36 Å². The maximum Gasteiger partial charge on any atom is 0.351 e. The Morgan fingerprint density at radius 1 is 1.33 bits per heavy atom. The Morgan fingerprint density at radius 3 is 2.50 bits per heavy atom. The number of nitrogens with zero attached hydrogens (tertiary/aromatic N) is 2. The van der Waals surface area contributed by atoms with Crippen LogP contribution in [-0.2, 0) is 14.0 Å². The summed E-state index contributed by atoms with van der Waals surface area (Å²) in [5.41, 5.74) is -0.701. The molecular formula is C19H33N3O7Si. The maximum atomic E-state index is 12.4. The number of anilines is 1. The van der Waals surface area contributed by atoms with Gasteiger partial charge in [0.15, 0.2) is 8.32 Å². The molecule has 0 radical (unpaired) electrons. The largest absolute Gasteiger partial charge is 0.414 e. The summed E-state index contributed by atoms with van der Waals surface area (Å²) in [7, 11) is -2.17. The summed E-state index contributed by atoms with van der Waals surface area (Å²) in [5.74, 6) is -0.273. The molecule has 0 unspecified atom stereocenters. The molecule has 10 nitrogen and oxygen atoms in total. The zero-order valence-corrected chi connectivity index (χ0v) is 19.3. The summed E-state index contributed by atoms with van der Waals surface area (Å²) in [6, 6.07) is 1.43. The molecule has 1 aliphatic rings. The molecule has 5 atom stereocenters. The van der Waals surface area contributed by atoms with Crippen molar-refractivity contribution in [1.29, 1.82) is 0 Å². The summed E-state index contributed by atoms with van der Waals surface area (Å²) in [5, 5.41) is 33.4. The Labute approximate surface area is 177 Å². The topological polar surface area (TPSA) is 143 Å². The number of hydrogen-bond acceptors (Lipinski definition) is 8. The standard InChI is InChI=1S/C19H33N3O7Si/c1-11(23)20-14-7-8-22(18(27)21-14)15-9-12(24)16(25)17(26)13(29-15)10-28-30(5,6)19(2,3)4/h7-8,12-13,15-17,24-26H,9-10H2,1-6H3,(H,20,21,23,27)/t12-,13+,15+,16+,17+/m0/s1. The summed E-state index contributed by atoms with van der Waals surface area (Å²) >= 11 is 0. The van der Waals surface area contributed by atoms with Crippen molar-refractivity contribution in [2.24, 2.45) is 0 Å². The van der Waals surface area contributed by atoms with Gasteiger partial charge >= 0.3 is 5.69 Å². The van der Waals surface area contributed by atoms with Crippen LogP contribution < -0.4 is 11.0 Å². The van der Waals surface area contributed by atoms with E-state index in [0.29, 0.717) is 0 Å². The molecule has 30 heavy (non-hydrogen) atoms. The number of aliphatic hydroxyl groups is 3. The van der Waals surface area contributed by atoms with Gasteiger partial charge in [0, 0.05) is 19.5 Å². The van der Waals surface area contributed by atoms with Crippen molar-refractivity contribution in [2.75, 3.05) is 11.9 Å². The van der Waals surface area contributed by atoms with Crippen LogP contribution in [0.5, 0.6) is 0 Å². The Hall–Kier alpha value is -1.63. The molecule has 1 saturated heterocycles. The predicted octanol–water partition coefficient (Wildman–Crippen LogP) is 0.594. The van der Waals surface area contributed by atoms with Crippen LogP contribution in [0.25, 0.3) is 0 Å². The molecular weight excluding hydrogens is 410 g/mol. The summed E-state index contributed by atoms with van der Waals surface area (Å²) in [6.45, 7) is 11.6. The molecule has 1 aromatic heterocycles. The van der Waals surface area contributed by atoms with Gasteiger partial charge in [-0.15, -0.1) is 0 Å². The summed E-state index contributed by atoms with van der Waals surface area (Å²) < 4.78 is 13.2. The average molecular weight is 444 g/mol. The Balaban J connectivity index is 2.27. The molecule has 0 saturated carbocycles. The van der Waals surface area contributed by atoms with E-state index in [0.717, 1.165) is 4.57 Å². The van der Waals surface area contributed by atoms with Gasteiger partial charge in [0.25, 0.3) is 0 Å². The molecule has 1 amide bonds. The molecule has 0 bridgehead atoms. The van der Waals surface area contributed by atoms with Crippen molar-refractivity contribution in [3.8, 4) is 0 Å². The third-order valence-corrected chi connectivity index (χ3v) is 10.3. The van der Waals surface area contributed by atoms with Crippen molar-refractivity contribution in [2.45, 2.75) is 82.9 Å². The fourth-order valence-corrected chi connectivity index (χ4v) is 3.85. The molecule has 0 aliphatic carbocycles. The number of rotatable bonds is 5. The Kier molecular flexibility index (Phi) is 7.59. The van der Waals surface area contributed by atoms with Crippen molar-refractivity contribution < 1.29 is 29.3 Å². The summed E-state index contributed by atoms with van der Waals surface area (Å²) in [6.07, 6.45) is -4.85. The predicted molar refractivity (Wildman–Crippen MR) is 112 cm³/mol. The first kappa shape index (κ1) is 24.6. The number of aromatic nitrogens is 2. The van der Waals surface area contributed by atoms with E-state index in [2.05, 4.69) is 31.1 Å². The van der Waals surface area contributed by atoms with E-state index in [-0.39, 0.29) is 29.8 Å². The minimum Gasteiger partial charge on any atom is -0.414 e. The first-order valence-corrected chi connectivity index (χ1v) is 12.8. The fourth-order valence-electron chi connectivity index (χ4n) is 2.84. The van der Waals surface area contributed by atoms with Crippen LogP contribution in [0.4, 0.5) is 5.82 Å². The Bertz CT molecular complexity index is 808.